The zero-order valence-electron chi connectivity index (χ0n) is 42.6. The molecule has 2 aromatic heterocycles. The summed E-state index contributed by atoms with van der Waals surface area (Å²) < 4.78 is 2.32. The first-order valence-corrected chi connectivity index (χ1v) is 24.3. The molecule has 0 atom stereocenters. The monoisotopic (exact) mass is 1100 g/mol. The zero-order valence-corrected chi connectivity index (χ0v) is 44.8. The van der Waals surface area contributed by atoms with Crippen LogP contribution in [0.4, 0.5) is 5.69 Å². The van der Waals surface area contributed by atoms with E-state index in [1.54, 1.807) is 0 Å². The molecule has 0 saturated heterocycles. The van der Waals surface area contributed by atoms with Gasteiger partial charge in [-0.1, -0.05) is 199 Å². The van der Waals surface area contributed by atoms with E-state index in [2.05, 4.69) is 238 Å². The van der Waals surface area contributed by atoms with Gasteiger partial charge in [0.05, 0.1) is 22.3 Å². The van der Waals surface area contributed by atoms with E-state index in [4.69, 9.17) is 9.97 Å². The van der Waals surface area contributed by atoms with Gasteiger partial charge in [-0.3, -0.25) is 9.55 Å². The summed E-state index contributed by atoms with van der Waals surface area (Å²) in [4.78, 5) is 13.2. The Kier molecular flexibility index (Phi) is 12.5. The third kappa shape index (κ3) is 8.53. The van der Waals surface area contributed by atoms with Gasteiger partial charge in [-0.15, -0.1) is 18.2 Å². The second-order valence-corrected chi connectivity index (χ2v) is 22.2. The first-order valence-electron chi connectivity index (χ1n) is 24.3. The zero-order chi connectivity index (χ0) is 48.7. The Hall–Kier alpha value is -6.49. The van der Waals surface area contributed by atoms with Crippen LogP contribution in [0, 0.1) is 19.9 Å². The second-order valence-electron chi connectivity index (χ2n) is 22.2. The smallest absolute Gasteiger partial charge is 0.309 e. The van der Waals surface area contributed by atoms with Crippen molar-refractivity contribution in [1.29, 1.82) is 0 Å². The molecule has 0 aliphatic carbocycles. The summed E-state index contributed by atoms with van der Waals surface area (Å²) in [5.74, 6) is 0.936. The van der Waals surface area contributed by atoms with E-state index in [0.29, 0.717) is 11.4 Å². The minimum absolute atomic E-state index is 0. The molecule has 0 saturated carbocycles. The standard InChI is InChI=1S/C63H62BN4O.Pt/c1-39-20-19-21-40(2)57(39)64-51-28-31-55-58(56(51)48-34-44(26-29-53(48)67(64)12)52-35-43(32-33-65-52)41-22-15-13-16-23-41)66-60(49-37-46(62(6,7)8)38-50(59(49)69)63(9,10)11)68(55)54-30-27-45(61(3,4)5)36-47(54)42-24-17-14-18-25-42;/h13-33,35-38,69H,1-12H3;/q-1;. The minimum Gasteiger partial charge on any atom is -0.507 e. The van der Waals surface area contributed by atoms with Crippen molar-refractivity contribution in [3.05, 3.63) is 186 Å². The first-order chi connectivity index (χ1) is 32.8. The van der Waals surface area contributed by atoms with Crippen LogP contribution in [0.25, 0.3) is 72.7 Å². The normalized spacial score (nSPS) is 12.7. The molecule has 7 aromatic carbocycles. The average Bonchev–Trinajstić information content (AvgIpc) is 3.71. The molecule has 354 valence electrons. The van der Waals surface area contributed by atoms with Crippen molar-refractivity contribution in [2.45, 2.75) is 92.4 Å². The topological polar surface area (TPSA) is 54.2 Å². The molecule has 1 aliphatic heterocycles. The fourth-order valence-corrected chi connectivity index (χ4v) is 10.4. The van der Waals surface area contributed by atoms with Crippen LogP contribution in [-0.2, 0) is 37.3 Å². The molecule has 0 bridgehead atoms. The fraction of sp³-hybridized carbons (Fsp3) is 0.238. The van der Waals surface area contributed by atoms with Crippen molar-refractivity contribution in [1.82, 2.24) is 14.5 Å². The number of phenolic OH excluding ortho intramolecular Hbond substituents is 1. The Morgan fingerprint density at radius 2 is 1.21 bits per heavy atom. The molecule has 1 aliphatic rings. The summed E-state index contributed by atoms with van der Waals surface area (Å²) in [5.41, 5.74) is 20.3. The molecule has 70 heavy (non-hydrogen) atoms. The van der Waals surface area contributed by atoms with Gasteiger partial charge >= 0.3 is 6.85 Å². The minimum atomic E-state index is -0.348. The summed E-state index contributed by atoms with van der Waals surface area (Å²) in [6, 6.07) is 56.2. The number of anilines is 1. The van der Waals surface area contributed by atoms with Gasteiger partial charge in [-0.05, 0) is 106 Å². The summed E-state index contributed by atoms with van der Waals surface area (Å²) in [5, 5.41) is 12.8. The number of hydrogen-bond acceptors (Lipinski definition) is 4. The number of imidazole rings is 1. The van der Waals surface area contributed by atoms with E-state index in [1.807, 2.05) is 12.3 Å². The molecule has 0 radical (unpaired) electrons. The molecular weight excluding hydrogens is 1030 g/mol. The van der Waals surface area contributed by atoms with Gasteiger partial charge in [-0.2, -0.15) is 0 Å². The number of fused-ring (bicyclic) bond motifs is 5. The van der Waals surface area contributed by atoms with Gasteiger partial charge in [0, 0.05) is 44.1 Å². The van der Waals surface area contributed by atoms with Crippen LogP contribution in [0.5, 0.6) is 5.75 Å². The van der Waals surface area contributed by atoms with Crippen molar-refractivity contribution in [2.24, 2.45) is 0 Å². The number of rotatable bonds is 6. The van der Waals surface area contributed by atoms with Gasteiger partial charge in [-0.25, -0.2) is 4.98 Å². The molecule has 0 amide bonds. The quantitative estimate of drug-likeness (QED) is 0.133. The predicted octanol–water partition coefficient (Wildman–Crippen LogP) is 14.3. The predicted molar refractivity (Wildman–Crippen MR) is 292 cm³/mol. The molecule has 5 nitrogen and oxygen atoms in total. The molecule has 3 heterocycles. The van der Waals surface area contributed by atoms with E-state index in [-0.39, 0.29) is 49.9 Å². The number of phenols is 1. The maximum absolute atomic E-state index is 12.8. The Bertz CT molecular complexity index is 3430. The van der Waals surface area contributed by atoms with Crippen LogP contribution in [0.1, 0.15) is 90.1 Å². The van der Waals surface area contributed by atoms with Gasteiger partial charge in [0.1, 0.15) is 11.6 Å². The van der Waals surface area contributed by atoms with E-state index in [9.17, 15) is 5.11 Å². The van der Waals surface area contributed by atoms with Crippen molar-refractivity contribution in [3.8, 4) is 67.5 Å². The van der Waals surface area contributed by atoms with E-state index >= 15 is 0 Å². The molecule has 9 aromatic rings. The maximum Gasteiger partial charge on any atom is 0.309 e. The van der Waals surface area contributed by atoms with Crippen LogP contribution in [0.15, 0.2) is 152 Å². The maximum atomic E-state index is 12.8. The third-order valence-electron chi connectivity index (χ3n) is 14.3. The Labute approximate surface area is 430 Å². The van der Waals surface area contributed by atoms with Gasteiger partial charge in [0.25, 0.3) is 0 Å². The van der Waals surface area contributed by atoms with E-state index in [0.717, 1.165) is 83.6 Å². The van der Waals surface area contributed by atoms with E-state index < -0.39 is 0 Å². The summed E-state index contributed by atoms with van der Waals surface area (Å²) in [6.45, 7) is 24.4. The van der Waals surface area contributed by atoms with E-state index in [1.165, 1.54) is 22.2 Å². The summed E-state index contributed by atoms with van der Waals surface area (Å²) >= 11 is 0. The summed E-state index contributed by atoms with van der Waals surface area (Å²) in [7, 11) is 2.21. The number of pyridine rings is 1. The molecule has 1 N–H and O–H groups in total. The Morgan fingerprint density at radius 1 is 0.586 bits per heavy atom. The molecular formula is C63H62BN4OPt-. The second kappa shape index (κ2) is 18.0. The number of benzene rings is 7. The SMILES string of the molecule is Cc1cccc(C)c1B1c2ccc3c(nc(-c4cc(C(C)(C)C)cc(C(C)(C)C)c4O)n3-c3ccc(C(C)(C)C)cc3-c3ccccc3)c2-c2[c-]c(-c3cc(-c4ccccc4)ccn3)ccc2N1C.[Pt]. The van der Waals surface area contributed by atoms with Crippen molar-refractivity contribution >= 4 is 34.5 Å². The largest absolute Gasteiger partial charge is 0.507 e. The molecule has 0 fully saturated rings. The van der Waals surface area contributed by atoms with Crippen LogP contribution in [0.3, 0.4) is 0 Å². The Morgan fingerprint density at radius 3 is 1.86 bits per heavy atom. The van der Waals surface area contributed by atoms with Crippen LogP contribution in [-0.4, -0.2) is 33.5 Å². The van der Waals surface area contributed by atoms with Crippen molar-refractivity contribution in [2.75, 3.05) is 11.9 Å². The first kappa shape index (κ1) is 48.5. The fourth-order valence-electron chi connectivity index (χ4n) is 10.4. The number of hydrogen-bond donors (Lipinski definition) is 1. The van der Waals surface area contributed by atoms with Gasteiger partial charge in [0.15, 0.2) is 0 Å². The van der Waals surface area contributed by atoms with Crippen LogP contribution < -0.4 is 15.7 Å². The molecule has 0 spiro atoms. The van der Waals surface area contributed by atoms with Gasteiger partial charge < -0.3 is 9.92 Å². The number of aromatic nitrogens is 3. The van der Waals surface area contributed by atoms with Crippen LogP contribution >= 0.6 is 0 Å². The number of aromatic hydroxyl groups is 1. The average molecular weight is 1100 g/mol. The van der Waals surface area contributed by atoms with Crippen LogP contribution in [0.2, 0.25) is 0 Å². The molecule has 7 heteroatoms. The molecule has 0 unspecified atom stereocenters. The van der Waals surface area contributed by atoms with Crippen molar-refractivity contribution < 1.29 is 26.2 Å². The van der Waals surface area contributed by atoms with Gasteiger partial charge in [0.2, 0.25) is 0 Å². The number of nitrogens with zero attached hydrogens (tertiary/aromatic N) is 4. The summed E-state index contributed by atoms with van der Waals surface area (Å²) in [6.07, 6.45) is 1.90. The van der Waals surface area contributed by atoms with Crippen molar-refractivity contribution in [3.63, 3.8) is 0 Å². The number of aryl methyl sites for hydroxylation is 2. The third-order valence-corrected chi connectivity index (χ3v) is 14.3. The Balaban J connectivity index is 0.00000608. The molecule has 10 rings (SSSR count).